The summed E-state index contributed by atoms with van der Waals surface area (Å²) in [7, 11) is 0. The van der Waals surface area contributed by atoms with Crippen molar-refractivity contribution in [2.75, 3.05) is 19.7 Å². The van der Waals surface area contributed by atoms with E-state index in [0.29, 0.717) is 17.9 Å². The molecule has 2 fully saturated rings. The third kappa shape index (κ3) is 4.77. The Morgan fingerprint density at radius 2 is 1.93 bits per heavy atom. The Morgan fingerprint density at radius 1 is 1.17 bits per heavy atom. The second-order valence-electron chi connectivity index (χ2n) is 8.01. The first-order chi connectivity index (χ1) is 14.1. The highest BCUT2D eigenvalue weighted by Crippen LogP contribution is 2.28. The summed E-state index contributed by atoms with van der Waals surface area (Å²) >= 11 is 0. The van der Waals surface area contributed by atoms with Gasteiger partial charge in [-0.2, -0.15) is 0 Å². The Bertz CT molecular complexity index is 895. The van der Waals surface area contributed by atoms with Gasteiger partial charge in [-0.25, -0.2) is 4.79 Å². The molecular weight excluding hydrogens is 368 g/mol. The zero-order chi connectivity index (χ0) is 20.2. The number of amides is 1. The van der Waals surface area contributed by atoms with Crippen molar-refractivity contribution in [3.8, 4) is 0 Å². The number of piperidine rings is 1. The summed E-state index contributed by atoms with van der Waals surface area (Å²) in [6.07, 6.45) is 3.37. The van der Waals surface area contributed by atoms with E-state index in [1.807, 2.05) is 6.07 Å². The number of ether oxygens (including phenoxy) is 1. The molecule has 0 radical (unpaired) electrons. The van der Waals surface area contributed by atoms with E-state index in [-0.39, 0.29) is 23.6 Å². The monoisotopic (exact) mass is 396 g/mol. The highest BCUT2D eigenvalue weighted by Gasteiger charge is 2.26. The van der Waals surface area contributed by atoms with Gasteiger partial charge in [0.15, 0.2) is 0 Å². The second-order valence-corrected chi connectivity index (χ2v) is 8.01. The molecule has 6 heteroatoms. The van der Waals surface area contributed by atoms with Crippen molar-refractivity contribution in [1.29, 1.82) is 0 Å². The number of carbonyl (C=O) groups excluding carboxylic acids is 1. The van der Waals surface area contributed by atoms with Gasteiger partial charge >= 0.3 is 5.63 Å². The minimum atomic E-state index is -0.575. The summed E-state index contributed by atoms with van der Waals surface area (Å²) < 4.78 is 11.0. The Balaban J connectivity index is 1.34. The van der Waals surface area contributed by atoms with Crippen LogP contribution in [0.5, 0.6) is 0 Å². The van der Waals surface area contributed by atoms with Crippen LogP contribution in [0.4, 0.5) is 0 Å². The Labute approximate surface area is 170 Å². The van der Waals surface area contributed by atoms with Gasteiger partial charge in [0.25, 0.3) is 5.91 Å². The Kier molecular flexibility index (Phi) is 6.11. The predicted octanol–water partition coefficient (Wildman–Crippen LogP) is 3.19. The van der Waals surface area contributed by atoms with E-state index in [1.165, 1.54) is 5.56 Å². The number of aryl methyl sites for hydroxylation is 1. The smallest absolute Gasteiger partial charge is 0.349 e. The molecule has 2 aliphatic heterocycles. The minimum Gasteiger partial charge on any atom is -0.424 e. The number of benzene rings is 1. The van der Waals surface area contributed by atoms with Gasteiger partial charge in [0, 0.05) is 32.3 Å². The zero-order valence-corrected chi connectivity index (χ0v) is 16.9. The van der Waals surface area contributed by atoms with Crippen LogP contribution in [-0.4, -0.2) is 36.5 Å². The maximum Gasteiger partial charge on any atom is 0.349 e. The maximum atomic E-state index is 12.7. The molecule has 2 saturated heterocycles. The van der Waals surface area contributed by atoms with Gasteiger partial charge in [-0.3, -0.25) is 9.69 Å². The molecule has 0 aliphatic carbocycles. The van der Waals surface area contributed by atoms with Gasteiger partial charge in [-0.15, -0.1) is 0 Å². The summed E-state index contributed by atoms with van der Waals surface area (Å²) in [5.41, 5.74) is 1.48. The highest BCUT2D eigenvalue weighted by atomic mass is 16.5. The largest absolute Gasteiger partial charge is 0.424 e. The Hall–Kier alpha value is -2.44. The molecule has 4 rings (SSSR count). The molecule has 2 aliphatic rings. The van der Waals surface area contributed by atoms with E-state index in [4.69, 9.17) is 9.15 Å². The summed E-state index contributed by atoms with van der Waals surface area (Å²) in [6, 6.07) is 12.3. The van der Waals surface area contributed by atoms with E-state index >= 15 is 0 Å². The average Bonchev–Trinajstić information content (AvgIpc) is 3.25. The first-order valence-corrected chi connectivity index (χ1v) is 10.4. The van der Waals surface area contributed by atoms with Gasteiger partial charge in [0.1, 0.15) is 17.4 Å². The van der Waals surface area contributed by atoms with E-state index in [9.17, 15) is 9.59 Å². The summed E-state index contributed by atoms with van der Waals surface area (Å²) in [4.78, 5) is 27.6. The SMILES string of the molecule is Cc1cc(C2CCCO2)oc(=O)c1C(=O)NC1CCN(Cc2ccccc2)CC1. The van der Waals surface area contributed by atoms with E-state index in [2.05, 4.69) is 34.5 Å². The van der Waals surface area contributed by atoms with Crippen molar-refractivity contribution in [3.05, 3.63) is 69.3 Å². The van der Waals surface area contributed by atoms with Crippen LogP contribution in [-0.2, 0) is 11.3 Å². The van der Waals surface area contributed by atoms with E-state index in [1.54, 1.807) is 13.0 Å². The first-order valence-electron chi connectivity index (χ1n) is 10.4. The normalized spacial score (nSPS) is 20.7. The first kappa shape index (κ1) is 19.9. The Morgan fingerprint density at radius 3 is 2.59 bits per heavy atom. The summed E-state index contributed by atoms with van der Waals surface area (Å²) in [6.45, 7) is 5.23. The molecule has 29 heavy (non-hydrogen) atoms. The molecule has 1 amide bonds. The molecule has 2 aromatic rings. The van der Waals surface area contributed by atoms with Gasteiger partial charge in [-0.1, -0.05) is 30.3 Å². The number of rotatable bonds is 5. The van der Waals surface area contributed by atoms with E-state index in [0.717, 1.165) is 45.3 Å². The third-order valence-corrected chi connectivity index (χ3v) is 5.81. The summed E-state index contributed by atoms with van der Waals surface area (Å²) in [5.74, 6) is 0.187. The van der Waals surface area contributed by atoms with Crippen LogP contribution in [0, 0.1) is 6.92 Å². The van der Waals surface area contributed by atoms with Crippen LogP contribution >= 0.6 is 0 Å². The fraction of sp³-hybridized carbons (Fsp3) is 0.478. The lowest BCUT2D eigenvalue weighted by atomic mass is 10.0. The number of nitrogens with zero attached hydrogens (tertiary/aromatic N) is 1. The number of carbonyl (C=O) groups is 1. The zero-order valence-electron chi connectivity index (χ0n) is 16.9. The molecule has 1 N–H and O–H groups in total. The van der Waals surface area contributed by atoms with Crippen molar-refractivity contribution in [2.24, 2.45) is 0 Å². The molecule has 3 heterocycles. The van der Waals surface area contributed by atoms with Gasteiger partial charge < -0.3 is 14.5 Å². The van der Waals surface area contributed by atoms with Gasteiger partial charge in [0.05, 0.1) is 0 Å². The average molecular weight is 396 g/mol. The lowest BCUT2D eigenvalue weighted by molar-refractivity contribution is 0.0866. The van der Waals surface area contributed by atoms with E-state index < -0.39 is 5.63 Å². The van der Waals surface area contributed by atoms with Gasteiger partial charge in [0.2, 0.25) is 0 Å². The predicted molar refractivity (Wildman–Crippen MR) is 110 cm³/mol. The van der Waals surface area contributed by atoms with Crippen LogP contribution in [0.2, 0.25) is 0 Å². The maximum absolute atomic E-state index is 12.7. The number of nitrogens with one attached hydrogen (secondary N) is 1. The molecular formula is C23H28N2O4. The molecule has 1 unspecified atom stereocenters. The molecule has 0 spiro atoms. The molecule has 6 nitrogen and oxygen atoms in total. The topological polar surface area (TPSA) is 71.8 Å². The van der Waals surface area contributed by atoms with Crippen molar-refractivity contribution in [2.45, 2.75) is 51.3 Å². The van der Waals surface area contributed by atoms with Crippen LogP contribution in [0.3, 0.4) is 0 Å². The van der Waals surface area contributed by atoms with Crippen molar-refractivity contribution in [3.63, 3.8) is 0 Å². The second kappa shape index (κ2) is 8.93. The minimum absolute atomic E-state index is 0.0752. The lowest BCUT2D eigenvalue weighted by Crippen LogP contribution is -2.45. The van der Waals surface area contributed by atoms with Crippen molar-refractivity contribution in [1.82, 2.24) is 10.2 Å². The lowest BCUT2D eigenvalue weighted by Gasteiger charge is -2.32. The highest BCUT2D eigenvalue weighted by molar-refractivity contribution is 5.95. The molecule has 0 bridgehead atoms. The number of hydrogen-bond acceptors (Lipinski definition) is 5. The van der Waals surface area contributed by atoms with Crippen LogP contribution < -0.4 is 10.9 Å². The van der Waals surface area contributed by atoms with Gasteiger partial charge in [-0.05, 0) is 49.8 Å². The number of likely N-dealkylation sites (tertiary alicyclic amines) is 1. The molecule has 1 aromatic carbocycles. The quantitative estimate of drug-likeness (QED) is 0.840. The summed E-state index contributed by atoms with van der Waals surface area (Å²) in [5, 5.41) is 3.03. The molecule has 0 saturated carbocycles. The fourth-order valence-electron chi connectivity index (χ4n) is 4.20. The molecule has 154 valence electrons. The van der Waals surface area contributed by atoms with Crippen LogP contribution in [0.1, 0.15) is 59.0 Å². The fourth-order valence-corrected chi connectivity index (χ4v) is 4.20. The molecule has 1 atom stereocenters. The van der Waals surface area contributed by atoms with Crippen molar-refractivity contribution < 1.29 is 13.9 Å². The van der Waals surface area contributed by atoms with Crippen LogP contribution in [0.15, 0.2) is 45.6 Å². The third-order valence-electron chi connectivity index (χ3n) is 5.81. The number of hydrogen-bond donors (Lipinski definition) is 1. The standard InChI is InChI=1S/C23H28N2O4/c1-16-14-20(19-8-5-13-28-19)29-23(27)21(16)22(26)24-18-9-11-25(12-10-18)15-17-6-3-2-4-7-17/h2-4,6-7,14,18-19H,5,8-13,15H2,1H3,(H,24,26). The molecule has 1 aromatic heterocycles. The van der Waals surface area contributed by atoms with Crippen LogP contribution in [0.25, 0.3) is 0 Å². The van der Waals surface area contributed by atoms with Crippen molar-refractivity contribution >= 4 is 5.91 Å².